The van der Waals surface area contributed by atoms with Crippen LogP contribution in [0.15, 0.2) is 12.4 Å². The Labute approximate surface area is 95.3 Å². The number of halogens is 4. The van der Waals surface area contributed by atoms with Crippen LogP contribution in [0.5, 0.6) is 0 Å². The highest BCUT2D eigenvalue weighted by atomic mass is 19.4. The van der Waals surface area contributed by atoms with Gasteiger partial charge in [-0.25, -0.2) is 14.4 Å². The molecule has 1 aliphatic carbocycles. The predicted octanol–water partition coefficient (Wildman–Crippen LogP) is 2.80. The van der Waals surface area contributed by atoms with Crippen molar-refractivity contribution in [2.75, 3.05) is 5.32 Å². The molecule has 1 aromatic rings. The summed E-state index contributed by atoms with van der Waals surface area (Å²) in [6, 6.07) is 0.344. The lowest BCUT2D eigenvalue weighted by molar-refractivity contribution is -0.141. The molecule has 0 aliphatic heterocycles. The maximum absolute atomic E-state index is 13.3. The van der Waals surface area contributed by atoms with Crippen LogP contribution in [0.4, 0.5) is 23.4 Å². The molecule has 0 saturated heterocycles. The van der Waals surface area contributed by atoms with E-state index in [1.165, 1.54) is 0 Å². The summed E-state index contributed by atoms with van der Waals surface area (Å²) in [7, 11) is 0. The van der Waals surface area contributed by atoms with Gasteiger partial charge in [0.05, 0.1) is 6.04 Å². The summed E-state index contributed by atoms with van der Waals surface area (Å²) in [4.78, 5) is 6.80. The molecule has 3 nitrogen and oxygen atoms in total. The summed E-state index contributed by atoms with van der Waals surface area (Å²) in [5.41, 5.74) is -1.02. The second-order valence-corrected chi connectivity index (χ2v) is 3.98. The Morgan fingerprint density at radius 2 is 2.00 bits per heavy atom. The van der Waals surface area contributed by atoms with Crippen molar-refractivity contribution in [3.05, 3.63) is 18.1 Å². The van der Waals surface area contributed by atoms with Gasteiger partial charge >= 0.3 is 6.18 Å². The highest BCUT2D eigenvalue weighted by Gasteiger charge is 2.33. The van der Waals surface area contributed by atoms with Crippen LogP contribution in [0, 0.1) is 0 Å². The molecule has 1 fully saturated rings. The molecule has 1 aliphatic rings. The van der Waals surface area contributed by atoms with Crippen LogP contribution in [0.1, 0.15) is 25.0 Å². The zero-order valence-corrected chi connectivity index (χ0v) is 8.84. The number of nitrogens with one attached hydrogen (secondary N) is 1. The number of nitrogens with zero attached hydrogens (tertiary/aromatic N) is 2. The minimum Gasteiger partial charge on any atom is -0.364 e. The van der Waals surface area contributed by atoms with E-state index < -0.39 is 24.1 Å². The SMILES string of the molecule is F[C@@H]1CCC[C@H]1Nc1cc(C(F)(F)F)ncn1. The zero-order valence-electron chi connectivity index (χ0n) is 8.84. The number of rotatable bonds is 2. The van der Waals surface area contributed by atoms with Crippen molar-refractivity contribution in [3.8, 4) is 0 Å². The summed E-state index contributed by atoms with van der Waals surface area (Å²) in [5, 5.41) is 2.68. The van der Waals surface area contributed by atoms with Gasteiger partial charge in [0, 0.05) is 6.07 Å². The van der Waals surface area contributed by atoms with Crippen molar-refractivity contribution in [1.82, 2.24) is 9.97 Å². The van der Waals surface area contributed by atoms with E-state index in [-0.39, 0.29) is 5.82 Å². The van der Waals surface area contributed by atoms with Gasteiger partial charge in [-0.2, -0.15) is 13.2 Å². The van der Waals surface area contributed by atoms with Gasteiger partial charge in [-0.15, -0.1) is 0 Å². The molecular formula is C10H11F4N3. The third-order valence-electron chi connectivity index (χ3n) is 2.72. The van der Waals surface area contributed by atoms with E-state index in [1.807, 2.05) is 0 Å². The average molecular weight is 249 g/mol. The fourth-order valence-corrected chi connectivity index (χ4v) is 1.86. The van der Waals surface area contributed by atoms with Gasteiger partial charge in [0.25, 0.3) is 0 Å². The first-order chi connectivity index (χ1) is 7.97. The van der Waals surface area contributed by atoms with Crippen molar-refractivity contribution < 1.29 is 17.6 Å². The molecule has 0 bridgehead atoms. The highest BCUT2D eigenvalue weighted by Crippen LogP contribution is 2.29. The normalized spacial score (nSPS) is 24.9. The molecule has 0 unspecified atom stereocenters. The first-order valence-corrected chi connectivity index (χ1v) is 5.26. The third-order valence-corrected chi connectivity index (χ3v) is 2.72. The Hall–Kier alpha value is -1.40. The Morgan fingerprint density at radius 1 is 1.24 bits per heavy atom. The van der Waals surface area contributed by atoms with Gasteiger partial charge in [0.15, 0.2) is 0 Å². The van der Waals surface area contributed by atoms with Crippen LogP contribution in [-0.4, -0.2) is 22.2 Å². The summed E-state index contributed by atoms with van der Waals surface area (Å²) < 4.78 is 50.4. The summed E-state index contributed by atoms with van der Waals surface area (Å²) in [6.07, 6.45) is -2.94. The molecule has 0 radical (unpaired) electrons. The zero-order chi connectivity index (χ0) is 12.5. The van der Waals surface area contributed by atoms with E-state index in [0.29, 0.717) is 12.8 Å². The molecule has 0 amide bonds. The van der Waals surface area contributed by atoms with Gasteiger partial charge in [-0.1, -0.05) is 0 Å². The van der Waals surface area contributed by atoms with Gasteiger partial charge in [-0.3, -0.25) is 0 Å². The molecule has 2 atom stereocenters. The summed E-state index contributed by atoms with van der Waals surface area (Å²) in [5.74, 6) is 0.0156. The van der Waals surface area contributed by atoms with Crippen LogP contribution >= 0.6 is 0 Å². The molecule has 2 rings (SSSR count). The van der Waals surface area contributed by atoms with Crippen LogP contribution in [0.3, 0.4) is 0 Å². The van der Waals surface area contributed by atoms with Gasteiger partial charge in [0.2, 0.25) is 0 Å². The second-order valence-electron chi connectivity index (χ2n) is 3.98. The second kappa shape index (κ2) is 4.46. The largest absolute Gasteiger partial charge is 0.433 e. The van der Waals surface area contributed by atoms with Crippen LogP contribution < -0.4 is 5.32 Å². The summed E-state index contributed by atoms with van der Waals surface area (Å²) in [6.45, 7) is 0. The Kier molecular flexibility index (Phi) is 3.17. The number of hydrogen-bond acceptors (Lipinski definition) is 3. The Balaban J connectivity index is 2.11. The van der Waals surface area contributed by atoms with Gasteiger partial charge in [0.1, 0.15) is 24.0 Å². The van der Waals surface area contributed by atoms with Crippen molar-refractivity contribution in [3.63, 3.8) is 0 Å². The molecule has 7 heteroatoms. The molecule has 1 heterocycles. The van der Waals surface area contributed by atoms with Crippen molar-refractivity contribution in [2.24, 2.45) is 0 Å². The number of hydrogen-bond donors (Lipinski definition) is 1. The molecule has 1 aromatic heterocycles. The maximum Gasteiger partial charge on any atom is 0.433 e. The first-order valence-electron chi connectivity index (χ1n) is 5.26. The summed E-state index contributed by atoms with van der Waals surface area (Å²) >= 11 is 0. The van der Waals surface area contributed by atoms with E-state index in [1.54, 1.807) is 0 Å². The fraction of sp³-hybridized carbons (Fsp3) is 0.600. The van der Waals surface area contributed by atoms with Crippen molar-refractivity contribution in [2.45, 2.75) is 37.7 Å². The molecule has 0 spiro atoms. The van der Waals surface area contributed by atoms with E-state index in [0.717, 1.165) is 18.8 Å². The topological polar surface area (TPSA) is 37.8 Å². The molecule has 1 saturated carbocycles. The fourth-order valence-electron chi connectivity index (χ4n) is 1.86. The first kappa shape index (κ1) is 12.1. The predicted molar refractivity (Wildman–Crippen MR) is 53.2 cm³/mol. The lowest BCUT2D eigenvalue weighted by Gasteiger charge is -2.16. The third kappa shape index (κ3) is 2.83. The maximum atomic E-state index is 13.3. The van der Waals surface area contributed by atoms with Crippen molar-refractivity contribution >= 4 is 5.82 Å². The monoisotopic (exact) mass is 249 g/mol. The highest BCUT2D eigenvalue weighted by molar-refractivity contribution is 5.37. The van der Waals surface area contributed by atoms with E-state index in [4.69, 9.17) is 0 Å². The minimum atomic E-state index is -4.51. The Bertz CT molecular complexity index is 393. The molecule has 94 valence electrons. The average Bonchev–Trinajstić information content (AvgIpc) is 2.64. The molecule has 17 heavy (non-hydrogen) atoms. The standard InChI is InChI=1S/C10H11F4N3/c11-6-2-1-3-7(6)17-9-4-8(10(12,13)14)15-5-16-9/h4-7H,1-3H2,(H,15,16,17)/t6-,7-/m1/s1. The Morgan fingerprint density at radius 3 is 2.59 bits per heavy atom. The number of aromatic nitrogens is 2. The van der Waals surface area contributed by atoms with Crippen LogP contribution in [0.2, 0.25) is 0 Å². The van der Waals surface area contributed by atoms with Gasteiger partial charge < -0.3 is 5.32 Å². The lowest BCUT2D eigenvalue weighted by Crippen LogP contribution is -2.25. The number of anilines is 1. The minimum absolute atomic E-state index is 0.0156. The molecular weight excluding hydrogens is 238 g/mol. The lowest BCUT2D eigenvalue weighted by atomic mass is 10.2. The van der Waals surface area contributed by atoms with Crippen LogP contribution in [0.25, 0.3) is 0 Å². The van der Waals surface area contributed by atoms with Crippen molar-refractivity contribution in [1.29, 1.82) is 0 Å². The van der Waals surface area contributed by atoms with E-state index >= 15 is 0 Å². The smallest absolute Gasteiger partial charge is 0.364 e. The quantitative estimate of drug-likeness (QED) is 0.819. The van der Waals surface area contributed by atoms with E-state index in [2.05, 4.69) is 15.3 Å². The molecule has 1 N–H and O–H groups in total. The number of alkyl halides is 4. The van der Waals surface area contributed by atoms with E-state index in [9.17, 15) is 17.6 Å². The van der Waals surface area contributed by atoms with Gasteiger partial charge in [-0.05, 0) is 19.3 Å². The molecule has 0 aromatic carbocycles. The van der Waals surface area contributed by atoms with Crippen LogP contribution in [-0.2, 0) is 6.18 Å².